The Morgan fingerprint density at radius 2 is 2.04 bits per heavy atom. The molecule has 2 saturated carbocycles. The third-order valence-electron chi connectivity index (χ3n) is 7.98. The first-order valence-corrected chi connectivity index (χ1v) is 12.2. The van der Waals surface area contributed by atoms with Crippen LogP contribution in [0.5, 0.6) is 5.75 Å². The lowest BCUT2D eigenvalue weighted by molar-refractivity contribution is -0.0722. The average molecular weight is 486 g/mol. The molecule has 3 aliphatic carbocycles. The van der Waals surface area contributed by atoms with Crippen molar-refractivity contribution < 1.29 is 14.6 Å². The molecular formula is C23H32FIO2. The molecule has 0 unspecified atom stereocenters. The van der Waals surface area contributed by atoms with Gasteiger partial charge in [0.25, 0.3) is 0 Å². The summed E-state index contributed by atoms with van der Waals surface area (Å²) in [6.07, 6.45) is 6.86. The quantitative estimate of drug-likeness (QED) is 0.315. The summed E-state index contributed by atoms with van der Waals surface area (Å²) in [6.45, 7) is 2.14. The van der Waals surface area contributed by atoms with Gasteiger partial charge in [0.15, 0.2) is 0 Å². The van der Waals surface area contributed by atoms with Gasteiger partial charge in [-0.05, 0) is 89.4 Å². The molecule has 1 aromatic rings. The van der Waals surface area contributed by atoms with E-state index in [0.717, 1.165) is 36.8 Å². The van der Waals surface area contributed by atoms with Gasteiger partial charge in [0.05, 0.1) is 6.10 Å². The van der Waals surface area contributed by atoms with Crippen molar-refractivity contribution in [2.45, 2.75) is 76.5 Å². The first-order valence-electron chi connectivity index (χ1n) is 10.7. The zero-order valence-electron chi connectivity index (χ0n) is 16.2. The number of aromatic hydroxyl groups is 1. The van der Waals surface area contributed by atoms with Gasteiger partial charge in [0, 0.05) is 5.92 Å². The highest BCUT2D eigenvalue weighted by Gasteiger charge is 2.59. The number of aliphatic hydroxyl groups is 1. The highest BCUT2D eigenvalue weighted by atomic mass is 127. The Morgan fingerprint density at radius 3 is 2.81 bits per heavy atom. The summed E-state index contributed by atoms with van der Waals surface area (Å²) < 4.78 is 16.8. The van der Waals surface area contributed by atoms with Gasteiger partial charge in [-0.3, -0.25) is 0 Å². The zero-order valence-corrected chi connectivity index (χ0v) is 18.4. The highest BCUT2D eigenvalue weighted by molar-refractivity contribution is 14.1. The molecule has 4 rings (SSSR count). The molecular weight excluding hydrogens is 454 g/mol. The van der Waals surface area contributed by atoms with Crippen LogP contribution in [-0.2, 0) is 6.42 Å². The first kappa shape index (κ1) is 19.9. The van der Waals surface area contributed by atoms with Crippen LogP contribution in [0.25, 0.3) is 0 Å². The zero-order chi connectivity index (χ0) is 19.2. The number of aliphatic hydroxyl groups excluding tert-OH is 1. The van der Waals surface area contributed by atoms with Gasteiger partial charge in [0.2, 0.25) is 0 Å². The lowest BCUT2D eigenvalue weighted by Gasteiger charge is -2.54. The second-order valence-electron chi connectivity index (χ2n) is 9.41. The SMILES string of the molecule is C[C@]12C[C@H](F)[C@@H]3c4ccc(O)cc4C[C@@H](CCCCCI)[C@H]3[C@@H]1CC[C@@H]2O. The van der Waals surface area contributed by atoms with Gasteiger partial charge >= 0.3 is 0 Å². The van der Waals surface area contributed by atoms with Crippen LogP contribution >= 0.6 is 22.6 Å². The van der Waals surface area contributed by atoms with Crippen molar-refractivity contribution in [1.29, 1.82) is 0 Å². The summed E-state index contributed by atoms with van der Waals surface area (Å²) in [7, 11) is 0. The van der Waals surface area contributed by atoms with Gasteiger partial charge < -0.3 is 10.2 Å². The summed E-state index contributed by atoms with van der Waals surface area (Å²) in [5.41, 5.74) is 2.01. The van der Waals surface area contributed by atoms with Crippen LogP contribution in [0.3, 0.4) is 0 Å². The summed E-state index contributed by atoms with van der Waals surface area (Å²) >= 11 is 2.44. The molecule has 2 fully saturated rings. The molecule has 0 bridgehead atoms. The smallest absolute Gasteiger partial charge is 0.115 e. The number of benzene rings is 1. The molecule has 7 atom stereocenters. The molecule has 1 aromatic carbocycles. The van der Waals surface area contributed by atoms with Crippen molar-refractivity contribution >= 4 is 22.6 Å². The van der Waals surface area contributed by atoms with E-state index in [1.807, 2.05) is 12.1 Å². The van der Waals surface area contributed by atoms with Crippen LogP contribution in [0.15, 0.2) is 18.2 Å². The number of phenolic OH excluding ortho intramolecular Hbond substituents is 1. The molecule has 0 aliphatic heterocycles. The van der Waals surface area contributed by atoms with Crippen LogP contribution in [0.2, 0.25) is 0 Å². The molecule has 4 heteroatoms. The van der Waals surface area contributed by atoms with E-state index >= 15 is 4.39 Å². The number of fused-ring (bicyclic) bond motifs is 5. The number of alkyl halides is 2. The topological polar surface area (TPSA) is 40.5 Å². The number of rotatable bonds is 5. The Labute approximate surface area is 176 Å². The van der Waals surface area contributed by atoms with Crippen molar-refractivity contribution in [2.24, 2.45) is 23.2 Å². The maximum absolute atomic E-state index is 15.6. The molecule has 2 nitrogen and oxygen atoms in total. The van der Waals surface area contributed by atoms with Gasteiger partial charge in [-0.2, -0.15) is 0 Å². The fraction of sp³-hybridized carbons (Fsp3) is 0.739. The Kier molecular flexibility index (Phi) is 5.77. The Hall–Kier alpha value is -0.360. The van der Waals surface area contributed by atoms with Crippen LogP contribution in [0.1, 0.15) is 68.9 Å². The van der Waals surface area contributed by atoms with Gasteiger partial charge in [-0.25, -0.2) is 4.39 Å². The molecule has 0 spiro atoms. The fourth-order valence-corrected chi connectivity index (χ4v) is 7.25. The third-order valence-corrected chi connectivity index (χ3v) is 8.75. The minimum atomic E-state index is -0.899. The van der Waals surface area contributed by atoms with Gasteiger partial charge in [-0.15, -0.1) is 0 Å². The van der Waals surface area contributed by atoms with Crippen molar-refractivity contribution in [3.8, 4) is 5.75 Å². The lowest BCUT2D eigenvalue weighted by atomic mass is 9.51. The Morgan fingerprint density at radius 1 is 1.22 bits per heavy atom. The average Bonchev–Trinajstić information content (AvgIpc) is 2.92. The van der Waals surface area contributed by atoms with Crippen LogP contribution < -0.4 is 0 Å². The maximum atomic E-state index is 15.6. The fourth-order valence-electron chi connectivity index (χ4n) is 6.71. The van der Waals surface area contributed by atoms with Gasteiger partial charge in [-0.1, -0.05) is 48.4 Å². The number of hydrogen-bond acceptors (Lipinski definition) is 2. The van der Waals surface area contributed by atoms with E-state index in [1.165, 1.54) is 23.7 Å². The monoisotopic (exact) mass is 486 g/mol. The molecule has 0 saturated heterocycles. The van der Waals surface area contributed by atoms with Crippen LogP contribution in [0, 0.1) is 23.2 Å². The number of phenols is 1. The van der Waals surface area contributed by atoms with Crippen molar-refractivity contribution in [1.82, 2.24) is 0 Å². The van der Waals surface area contributed by atoms with E-state index in [9.17, 15) is 10.2 Å². The molecule has 150 valence electrons. The summed E-state index contributed by atoms with van der Waals surface area (Å²) in [5.74, 6) is 1.44. The minimum Gasteiger partial charge on any atom is -0.508 e. The molecule has 3 aliphatic rings. The van der Waals surface area contributed by atoms with Crippen molar-refractivity contribution in [2.75, 3.05) is 4.43 Å². The summed E-state index contributed by atoms with van der Waals surface area (Å²) in [5, 5.41) is 20.6. The van der Waals surface area contributed by atoms with Crippen LogP contribution in [0.4, 0.5) is 4.39 Å². The molecule has 0 radical (unpaired) electrons. The number of hydrogen-bond donors (Lipinski definition) is 2. The first-order chi connectivity index (χ1) is 13.0. The van der Waals surface area contributed by atoms with E-state index < -0.39 is 6.17 Å². The molecule has 0 heterocycles. The largest absolute Gasteiger partial charge is 0.508 e. The van der Waals surface area contributed by atoms with E-state index in [4.69, 9.17) is 0 Å². The molecule has 2 N–H and O–H groups in total. The standard InChI is InChI=1S/C23H32FIO2/c1-23-13-19(24)22-17-7-6-16(26)12-15(17)11-14(5-3-2-4-10-25)21(22)18(23)8-9-20(23)27/h6-7,12,14,18-22,26-27H,2-5,8-11,13H2,1H3/t14-,18+,19+,20+,21+,22+,23+/m1/s1. The van der Waals surface area contributed by atoms with Crippen molar-refractivity contribution in [3.63, 3.8) is 0 Å². The number of unbranched alkanes of at least 4 members (excludes halogenated alkanes) is 2. The molecule has 0 aromatic heterocycles. The van der Waals surface area contributed by atoms with E-state index in [-0.39, 0.29) is 17.4 Å². The second kappa shape index (κ2) is 7.81. The third kappa shape index (κ3) is 3.43. The highest BCUT2D eigenvalue weighted by Crippen LogP contribution is 2.63. The molecule has 27 heavy (non-hydrogen) atoms. The summed E-state index contributed by atoms with van der Waals surface area (Å²) in [4.78, 5) is 0. The van der Waals surface area contributed by atoms with Crippen molar-refractivity contribution in [3.05, 3.63) is 29.3 Å². The maximum Gasteiger partial charge on any atom is 0.115 e. The van der Waals surface area contributed by atoms with E-state index in [0.29, 0.717) is 29.9 Å². The second-order valence-corrected chi connectivity index (χ2v) is 10.5. The predicted molar refractivity (Wildman–Crippen MR) is 115 cm³/mol. The lowest BCUT2D eigenvalue weighted by Crippen LogP contribution is -2.51. The van der Waals surface area contributed by atoms with E-state index in [1.54, 1.807) is 6.07 Å². The van der Waals surface area contributed by atoms with Gasteiger partial charge in [0.1, 0.15) is 11.9 Å². The predicted octanol–water partition coefficient (Wildman–Crippen LogP) is 5.78. The normalized spacial score (nSPS) is 40.3. The molecule has 0 amide bonds. The number of halogens is 2. The Balaban J connectivity index is 1.69. The van der Waals surface area contributed by atoms with Crippen LogP contribution in [-0.4, -0.2) is 26.9 Å². The summed E-state index contributed by atoms with van der Waals surface area (Å²) in [6, 6.07) is 5.56. The Bertz CT molecular complexity index is 680. The van der Waals surface area contributed by atoms with E-state index in [2.05, 4.69) is 29.5 Å². The minimum absolute atomic E-state index is 0.0627.